The van der Waals surface area contributed by atoms with E-state index in [1.807, 2.05) is 12.1 Å². The Balaban J connectivity index is 1.68. The molecule has 0 bridgehead atoms. The van der Waals surface area contributed by atoms with Crippen LogP contribution in [-0.4, -0.2) is 18.5 Å². The lowest BCUT2D eigenvalue weighted by molar-refractivity contribution is 0.272. The molecular formula is C24H29ClN2. The molecule has 2 aromatic rings. The number of rotatable bonds is 8. The largest absolute Gasteiger partial charge is 0.302 e. The molecule has 0 saturated heterocycles. The lowest BCUT2D eigenvalue weighted by Crippen LogP contribution is -2.33. The second-order valence-corrected chi connectivity index (χ2v) is 8.33. The summed E-state index contributed by atoms with van der Waals surface area (Å²) in [5, 5.41) is 11.0. The first kappa shape index (κ1) is 19.9. The average molecular weight is 381 g/mol. The molecule has 2 aromatic carbocycles. The van der Waals surface area contributed by atoms with Gasteiger partial charge in [0, 0.05) is 11.6 Å². The van der Waals surface area contributed by atoms with Crippen molar-refractivity contribution in [3.63, 3.8) is 0 Å². The van der Waals surface area contributed by atoms with Gasteiger partial charge in [-0.25, -0.2) is 0 Å². The van der Waals surface area contributed by atoms with Gasteiger partial charge in [0.2, 0.25) is 0 Å². The zero-order chi connectivity index (χ0) is 19.1. The summed E-state index contributed by atoms with van der Waals surface area (Å²) < 4.78 is 0. The van der Waals surface area contributed by atoms with Gasteiger partial charge >= 0.3 is 0 Å². The molecule has 0 aromatic heterocycles. The number of halogens is 1. The molecule has 0 N–H and O–H groups in total. The van der Waals surface area contributed by atoms with Crippen LogP contribution in [0.25, 0.3) is 0 Å². The van der Waals surface area contributed by atoms with E-state index in [0.717, 1.165) is 49.4 Å². The zero-order valence-electron chi connectivity index (χ0n) is 16.2. The van der Waals surface area contributed by atoms with Gasteiger partial charge in [-0.05, 0) is 68.5 Å². The summed E-state index contributed by atoms with van der Waals surface area (Å²) in [7, 11) is 2.17. The molecule has 1 fully saturated rings. The Morgan fingerprint density at radius 2 is 1.74 bits per heavy atom. The maximum Gasteiger partial charge on any atom is 0.0850 e. The van der Waals surface area contributed by atoms with Crippen molar-refractivity contribution in [1.29, 1.82) is 5.26 Å². The van der Waals surface area contributed by atoms with Crippen LogP contribution in [0, 0.1) is 17.2 Å². The molecule has 1 atom stereocenters. The first-order valence-corrected chi connectivity index (χ1v) is 10.4. The highest BCUT2D eigenvalue weighted by atomic mass is 35.5. The predicted molar refractivity (Wildman–Crippen MR) is 113 cm³/mol. The van der Waals surface area contributed by atoms with Crippen LogP contribution in [0.2, 0.25) is 5.02 Å². The highest BCUT2D eigenvalue weighted by Crippen LogP contribution is 2.45. The van der Waals surface area contributed by atoms with Crippen molar-refractivity contribution in [2.75, 3.05) is 13.6 Å². The Kier molecular flexibility index (Phi) is 6.94. The van der Waals surface area contributed by atoms with E-state index in [-0.39, 0.29) is 5.41 Å². The SMILES string of the molecule is CN(CCCC(C#N)(c1ccc(Cl)cc1)C1CCCC1)Cc1ccccc1. The molecule has 1 saturated carbocycles. The van der Waals surface area contributed by atoms with Crippen LogP contribution in [0.4, 0.5) is 0 Å². The van der Waals surface area contributed by atoms with Crippen LogP contribution in [0.5, 0.6) is 0 Å². The molecule has 2 nitrogen and oxygen atoms in total. The molecule has 3 rings (SSSR count). The third kappa shape index (κ3) is 4.92. The van der Waals surface area contributed by atoms with Crippen molar-refractivity contribution in [1.82, 2.24) is 4.90 Å². The first-order valence-electron chi connectivity index (χ1n) is 10.0. The van der Waals surface area contributed by atoms with Crippen LogP contribution in [0.15, 0.2) is 54.6 Å². The van der Waals surface area contributed by atoms with Gasteiger partial charge in [-0.3, -0.25) is 0 Å². The topological polar surface area (TPSA) is 27.0 Å². The first-order chi connectivity index (χ1) is 13.1. The van der Waals surface area contributed by atoms with Gasteiger partial charge in [-0.2, -0.15) is 5.26 Å². The lowest BCUT2D eigenvalue weighted by Gasteiger charge is -2.34. The van der Waals surface area contributed by atoms with E-state index in [0.29, 0.717) is 5.92 Å². The summed E-state index contributed by atoms with van der Waals surface area (Å²) in [6.45, 7) is 1.95. The minimum absolute atomic E-state index is 0.380. The molecule has 27 heavy (non-hydrogen) atoms. The van der Waals surface area contributed by atoms with Crippen molar-refractivity contribution in [2.24, 2.45) is 5.92 Å². The minimum atomic E-state index is -0.380. The van der Waals surface area contributed by atoms with E-state index in [4.69, 9.17) is 11.6 Å². The van der Waals surface area contributed by atoms with Crippen molar-refractivity contribution >= 4 is 11.6 Å². The van der Waals surface area contributed by atoms with E-state index in [9.17, 15) is 5.26 Å². The molecule has 0 aliphatic heterocycles. The fourth-order valence-corrected chi connectivity index (χ4v) is 4.69. The van der Waals surface area contributed by atoms with Gasteiger partial charge in [0.25, 0.3) is 0 Å². The quantitative estimate of drug-likeness (QED) is 0.544. The van der Waals surface area contributed by atoms with Crippen molar-refractivity contribution in [3.05, 3.63) is 70.7 Å². The van der Waals surface area contributed by atoms with E-state index in [1.165, 1.54) is 18.4 Å². The minimum Gasteiger partial charge on any atom is -0.302 e. The third-order valence-corrected chi connectivity index (χ3v) is 6.27. The normalized spacial score (nSPS) is 17.0. The van der Waals surface area contributed by atoms with Gasteiger partial charge in [0.15, 0.2) is 0 Å². The molecule has 0 heterocycles. The van der Waals surface area contributed by atoms with Crippen LogP contribution in [0.1, 0.15) is 49.7 Å². The van der Waals surface area contributed by atoms with E-state index in [1.54, 1.807) is 0 Å². The van der Waals surface area contributed by atoms with Gasteiger partial charge in [-0.1, -0.05) is 66.9 Å². The maximum atomic E-state index is 10.3. The molecule has 1 aliphatic carbocycles. The summed E-state index contributed by atoms with van der Waals surface area (Å²) >= 11 is 6.10. The van der Waals surface area contributed by atoms with Crippen LogP contribution >= 0.6 is 11.6 Å². The molecule has 1 unspecified atom stereocenters. The Morgan fingerprint density at radius 3 is 2.37 bits per heavy atom. The zero-order valence-corrected chi connectivity index (χ0v) is 17.0. The van der Waals surface area contributed by atoms with Gasteiger partial charge in [0.1, 0.15) is 0 Å². The molecule has 0 amide bonds. The molecule has 142 valence electrons. The van der Waals surface area contributed by atoms with Crippen LogP contribution in [-0.2, 0) is 12.0 Å². The van der Waals surface area contributed by atoms with E-state index < -0.39 is 0 Å². The highest BCUT2D eigenvalue weighted by molar-refractivity contribution is 6.30. The van der Waals surface area contributed by atoms with E-state index in [2.05, 4.69) is 60.5 Å². The third-order valence-electron chi connectivity index (χ3n) is 6.02. The van der Waals surface area contributed by atoms with Crippen molar-refractivity contribution < 1.29 is 0 Å². The smallest absolute Gasteiger partial charge is 0.0850 e. The fourth-order valence-electron chi connectivity index (χ4n) is 4.56. The monoisotopic (exact) mass is 380 g/mol. The molecule has 0 radical (unpaired) electrons. The molecule has 0 spiro atoms. The van der Waals surface area contributed by atoms with Crippen molar-refractivity contribution in [3.8, 4) is 6.07 Å². The highest BCUT2D eigenvalue weighted by Gasteiger charge is 2.41. The predicted octanol–water partition coefficient (Wildman–Crippen LogP) is 6.20. The Labute approximate surface area is 168 Å². The number of hydrogen-bond donors (Lipinski definition) is 0. The summed E-state index contributed by atoms with van der Waals surface area (Å²) in [5.41, 5.74) is 2.10. The molecule has 1 aliphatic rings. The Morgan fingerprint density at radius 1 is 1.07 bits per heavy atom. The summed E-state index contributed by atoms with van der Waals surface area (Å²) in [4.78, 5) is 2.36. The van der Waals surface area contributed by atoms with Crippen LogP contribution in [0.3, 0.4) is 0 Å². The Hall–Kier alpha value is -1.82. The number of benzene rings is 2. The summed E-state index contributed by atoms with van der Waals surface area (Å²) in [6.07, 6.45) is 6.75. The lowest BCUT2D eigenvalue weighted by atomic mass is 9.67. The molecular weight excluding hydrogens is 352 g/mol. The van der Waals surface area contributed by atoms with Crippen molar-refractivity contribution in [2.45, 2.75) is 50.5 Å². The maximum absolute atomic E-state index is 10.3. The van der Waals surface area contributed by atoms with Gasteiger partial charge < -0.3 is 4.90 Å². The summed E-state index contributed by atoms with van der Waals surface area (Å²) in [5.74, 6) is 0.461. The van der Waals surface area contributed by atoms with Crippen LogP contribution < -0.4 is 0 Å². The second kappa shape index (κ2) is 9.40. The van der Waals surface area contributed by atoms with Gasteiger partial charge in [0.05, 0.1) is 11.5 Å². The number of hydrogen-bond acceptors (Lipinski definition) is 2. The number of nitrogens with zero attached hydrogens (tertiary/aromatic N) is 2. The number of nitriles is 1. The standard InChI is InChI=1S/C24H29ClN2/c1-27(18-20-8-3-2-4-9-20)17-7-16-24(19-26,21-10-5-6-11-21)22-12-14-23(25)15-13-22/h2-4,8-9,12-15,21H,5-7,10-11,16-18H2,1H3. The average Bonchev–Trinajstić information content (AvgIpc) is 3.22. The fraction of sp³-hybridized carbons (Fsp3) is 0.458. The van der Waals surface area contributed by atoms with E-state index >= 15 is 0 Å². The molecule has 3 heteroatoms. The second-order valence-electron chi connectivity index (χ2n) is 7.90. The summed E-state index contributed by atoms with van der Waals surface area (Å²) in [6, 6.07) is 21.3. The Bertz CT molecular complexity index is 744. The van der Waals surface area contributed by atoms with Gasteiger partial charge in [-0.15, -0.1) is 0 Å².